The van der Waals surface area contributed by atoms with E-state index < -0.39 is 17.6 Å². The zero-order chi connectivity index (χ0) is 23.3. The molecule has 2 saturated heterocycles. The van der Waals surface area contributed by atoms with Gasteiger partial charge in [0.25, 0.3) is 0 Å². The Balaban J connectivity index is 1.31. The smallest absolute Gasteiger partial charge is 0.320 e. The van der Waals surface area contributed by atoms with Gasteiger partial charge in [-0.2, -0.15) is 0 Å². The van der Waals surface area contributed by atoms with Crippen LogP contribution in [0.4, 0.5) is 0 Å². The van der Waals surface area contributed by atoms with Crippen molar-refractivity contribution in [3.8, 4) is 0 Å². The van der Waals surface area contributed by atoms with Gasteiger partial charge in [0.2, 0.25) is 0 Å². The molecule has 2 aliphatic heterocycles. The third kappa shape index (κ3) is 6.23. The van der Waals surface area contributed by atoms with E-state index in [-0.39, 0.29) is 0 Å². The van der Waals surface area contributed by atoms with E-state index in [1.165, 1.54) is 11.1 Å². The zero-order valence-corrected chi connectivity index (χ0v) is 19.8. The molecule has 0 saturated carbocycles. The lowest BCUT2D eigenvalue weighted by molar-refractivity contribution is -0.142. The molecular weight excluding hydrogens is 412 g/mol. The van der Waals surface area contributed by atoms with Crippen molar-refractivity contribution in [1.29, 1.82) is 0 Å². The minimum absolute atomic E-state index is 0.347. The van der Waals surface area contributed by atoms with E-state index in [2.05, 4.69) is 58.3 Å². The number of carboxylic acids is 1. The van der Waals surface area contributed by atoms with Crippen LogP contribution in [0, 0.1) is 5.92 Å². The second-order valence-electron chi connectivity index (χ2n) is 10.1. The van der Waals surface area contributed by atoms with Crippen LogP contribution in [0.25, 0.3) is 0 Å². The summed E-state index contributed by atoms with van der Waals surface area (Å²) >= 11 is 0. The quantitative estimate of drug-likeness (QED) is 0.604. The molecule has 2 heterocycles. The third-order valence-corrected chi connectivity index (χ3v) is 7.83. The maximum absolute atomic E-state index is 11.6. The molecule has 0 radical (unpaired) electrons. The predicted molar refractivity (Wildman–Crippen MR) is 131 cm³/mol. The number of piperidine rings is 1. The summed E-state index contributed by atoms with van der Waals surface area (Å²) in [6.45, 7) is 6.18. The van der Waals surface area contributed by atoms with Crippen LogP contribution in [-0.2, 0) is 11.2 Å². The Morgan fingerprint density at radius 3 is 2.30 bits per heavy atom. The summed E-state index contributed by atoms with van der Waals surface area (Å²) < 4.78 is 0. The predicted octanol–water partition coefficient (Wildman–Crippen LogP) is 4.02. The van der Waals surface area contributed by atoms with E-state index >= 15 is 0 Å². The fourth-order valence-corrected chi connectivity index (χ4v) is 5.64. The molecule has 3 unspecified atom stereocenters. The minimum atomic E-state index is -0.749. The molecule has 5 nitrogen and oxygen atoms in total. The van der Waals surface area contributed by atoms with Gasteiger partial charge in [-0.3, -0.25) is 9.69 Å². The van der Waals surface area contributed by atoms with Gasteiger partial charge in [-0.05, 0) is 56.1 Å². The number of benzene rings is 2. The number of carboxylic acid groups (broad SMARTS) is 1. The van der Waals surface area contributed by atoms with Gasteiger partial charge in [-0.25, -0.2) is 0 Å². The van der Waals surface area contributed by atoms with Gasteiger partial charge < -0.3 is 15.1 Å². The van der Waals surface area contributed by atoms with E-state index in [0.29, 0.717) is 11.8 Å². The molecule has 4 rings (SSSR count). The maximum Gasteiger partial charge on any atom is 0.320 e. The van der Waals surface area contributed by atoms with Crippen LogP contribution in [0.5, 0.6) is 0 Å². The van der Waals surface area contributed by atoms with Crippen LogP contribution in [0.2, 0.25) is 0 Å². The normalized spacial score (nSPS) is 24.5. The lowest BCUT2D eigenvalue weighted by atomic mass is 9.84. The summed E-state index contributed by atoms with van der Waals surface area (Å²) in [5.74, 6) is -0.000780. The van der Waals surface area contributed by atoms with Gasteiger partial charge in [0.05, 0.1) is 5.60 Å². The number of aliphatic hydroxyl groups is 1. The summed E-state index contributed by atoms with van der Waals surface area (Å²) in [5, 5.41) is 20.7. The van der Waals surface area contributed by atoms with E-state index in [1.807, 2.05) is 12.1 Å². The highest BCUT2D eigenvalue weighted by molar-refractivity contribution is 5.73. The monoisotopic (exact) mass is 450 g/mol. The number of rotatable bonds is 9. The highest BCUT2D eigenvalue weighted by Crippen LogP contribution is 2.36. The van der Waals surface area contributed by atoms with E-state index in [4.69, 9.17) is 0 Å². The van der Waals surface area contributed by atoms with Gasteiger partial charge in [0.1, 0.15) is 6.04 Å². The molecule has 3 atom stereocenters. The van der Waals surface area contributed by atoms with Crippen molar-refractivity contribution in [3.63, 3.8) is 0 Å². The largest absolute Gasteiger partial charge is 0.480 e. The Hall–Kier alpha value is -2.21. The van der Waals surface area contributed by atoms with E-state index in [9.17, 15) is 15.0 Å². The number of aliphatic carboxylic acids is 1. The highest BCUT2D eigenvalue weighted by Gasteiger charge is 2.40. The average molecular weight is 451 g/mol. The summed E-state index contributed by atoms with van der Waals surface area (Å²) in [7, 11) is 0. The maximum atomic E-state index is 11.6. The molecule has 2 N–H and O–H groups in total. The number of hydrogen-bond acceptors (Lipinski definition) is 4. The Morgan fingerprint density at radius 1 is 1.03 bits per heavy atom. The molecule has 0 spiro atoms. The molecule has 0 aliphatic carbocycles. The van der Waals surface area contributed by atoms with Gasteiger partial charge >= 0.3 is 5.97 Å². The van der Waals surface area contributed by atoms with Crippen LogP contribution in [-0.4, -0.2) is 70.3 Å². The van der Waals surface area contributed by atoms with Crippen molar-refractivity contribution < 1.29 is 15.0 Å². The summed E-state index contributed by atoms with van der Waals surface area (Å²) in [4.78, 5) is 16.2. The number of nitrogens with zero attached hydrogens (tertiary/aromatic N) is 2. The molecule has 0 bridgehead atoms. The molecule has 178 valence electrons. The van der Waals surface area contributed by atoms with E-state index in [0.717, 1.165) is 64.8 Å². The first-order valence-corrected chi connectivity index (χ1v) is 12.4. The number of hydrogen-bond donors (Lipinski definition) is 2. The Bertz CT molecular complexity index is 881. The van der Waals surface area contributed by atoms with Gasteiger partial charge in [-0.1, -0.05) is 60.7 Å². The fourth-order valence-electron chi connectivity index (χ4n) is 5.64. The summed E-state index contributed by atoms with van der Waals surface area (Å²) in [6.07, 6.45) is 4.53. The van der Waals surface area contributed by atoms with Crippen molar-refractivity contribution in [2.24, 2.45) is 5.92 Å². The zero-order valence-electron chi connectivity index (χ0n) is 19.8. The van der Waals surface area contributed by atoms with Gasteiger partial charge in [0.15, 0.2) is 0 Å². The lowest BCUT2D eigenvalue weighted by Crippen LogP contribution is -2.46. The van der Waals surface area contributed by atoms with Crippen molar-refractivity contribution in [1.82, 2.24) is 9.80 Å². The van der Waals surface area contributed by atoms with Crippen molar-refractivity contribution in [2.45, 2.75) is 56.6 Å². The van der Waals surface area contributed by atoms with Crippen molar-refractivity contribution in [3.05, 3.63) is 71.8 Å². The molecule has 33 heavy (non-hydrogen) atoms. The van der Waals surface area contributed by atoms with Crippen molar-refractivity contribution in [2.75, 3.05) is 32.7 Å². The Morgan fingerprint density at radius 2 is 1.67 bits per heavy atom. The molecule has 0 aromatic heterocycles. The number of carbonyl (C=O) groups is 1. The average Bonchev–Trinajstić information content (AvgIpc) is 3.25. The number of likely N-dealkylation sites (tertiary alicyclic amines) is 2. The van der Waals surface area contributed by atoms with Crippen molar-refractivity contribution >= 4 is 5.97 Å². The van der Waals surface area contributed by atoms with E-state index in [1.54, 1.807) is 6.92 Å². The second kappa shape index (κ2) is 10.8. The van der Waals surface area contributed by atoms with Crippen LogP contribution in [0.1, 0.15) is 49.7 Å². The number of aryl methyl sites for hydroxylation is 1. The molecule has 2 aliphatic rings. The van der Waals surface area contributed by atoms with Crippen LogP contribution in [0.3, 0.4) is 0 Å². The van der Waals surface area contributed by atoms with Crippen LogP contribution < -0.4 is 0 Å². The Kier molecular flexibility index (Phi) is 7.84. The summed E-state index contributed by atoms with van der Waals surface area (Å²) in [5.41, 5.74) is 2.09. The van der Waals surface area contributed by atoms with Gasteiger partial charge in [-0.15, -0.1) is 0 Å². The first-order chi connectivity index (χ1) is 15.9. The molecule has 0 amide bonds. The molecule has 2 fully saturated rings. The standard InChI is InChI=1S/C28H38N2O3/c1-22(27(31)32)30-20-25(26(21-30)24-12-6-3-7-13-24)19-29-17-15-28(33,16-18-29)14-8-11-23-9-4-2-5-10-23/h2-7,9-10,12-13,22,25-26,33H,8,11,14-21H2,1H3,(H,31,32). The highest BCUT2D eigenvalue weighted by atomic mass is 16.4. The van der Waals surface area contributed by atoms with Crippen LogP contribution in [0.15, 0.2) is 60.7 Å². The molecule has 2 aromatic carbocycles. The first-order valence-electron chi connectivity index (χ1n) is 12.4. The minimum Gasteiger partial charge on any atom is -0.480 e. The second-order valence-corrected chi connectivity index (χ2v) is 10.1. The fraction of sp³-hybridized carbons (Fsp3) is 0.536. The SMILES string of the molecule is CC(C(=O)O)N1CC(CN2CCC(O)(CCCc3ccccc3)CC2)C(c2ccccc2)C1. The summed E-state index contributed by atoms with van der Waals surface area (Å²) in [6, 6.07) is 20.6. The molecule has 5 heteroatoms. The molecule has 2 aromatic rings. The molecular formula is C28H38N2O3. The third-order valence-electron chi connectivity index (χ3n) is 7.83. The Labute approximate surface area is 198 Å². The lowest BCUT2D eigenvalue weighted by Gasteiger charge is -2.40. The first kappa shape index (κ1) is 23.9. The topological polar surface area (TPSA) is 64.0 Å². The van der Waals surface area contributed by atoms with Crippen LogP contribution >= 0.6 is 0 Å². The van der Waals surface area contributed by atoms with Gasteiger partial charge in [0, 0.05) is 38.6 Å².